The van der Waals surface area contributed by atoms with Gasteiger partial charge < -0.3 is 9.84 Å². The van der Waals surface area contributed by atoms with Crippen LogP contribution in [0.25, 0.3) is 22.4 Å². The fourth-order valence-electron chi connectivity index (χ4n) is 2.56. The van der Waals surface area contributed by atoms with Crippen molar-refractivity contribution in [3.63, 3.8) is 0 Å². The van der Waals surface area contributed by atoms with Crippen molar-refractivity contribution < 1.29 is 9.32 Å². The molecule has 4 aromatic rings. The highest BCUT2D eigenvalue weighted by molar-refractivity contribution is 6.04. The van der Waals surface area contributed by atoms with E-state index < -0.39 is 0 Å². The van der Waals surface area contributed by atoms with Gasteiger partial charge in [-0.2, -0.15) is 10.1 Å². The van der Waals surface area contributed by atoms with Gasteiger partial charge in [-0.15, -0.1) is 0 Å². The molecule has 0 aliphatic rings. The summed E-state index contributed by atoms with van der Waals surface area (Å²) in [4.78, 5) is 16.6. The largest absolute Gasteiger partial charge is 0.350 e. The van der Waals surface area contributed by atoms with Crippen LogP contribution in [-0.2, 0) is 6.42 Å². The number of rotatable bonds is 5. The van der Waals surface area contributed by atoms with Crippen LogP contribution in [0.2, 0.25) is 0 Å². The lowest BCUT2D eigenvalue weighted by Gasteiger charge is -2.00. The maximum atomic E-state index is 12.3. The van der Waals surface area contributed by atoms with E-state index in [1.54, 1.807) is 0 Å². The SMILES string of the molecule is O=C(NCCc1noc(-c2ccccc2)n1)c1n[nH]c2ccccc12. The summed E-state index contributed by atoms with van der Waals surface area (Å²) in [5, 5.41) is 14.5. The molecule has 2 heterocycles. The van der Waals surface area contributed by atoms with E-state index in [0.29, 0.717) is 30.4 Å². The molecule has 0 bridgehead atoms. The minimum absolute atomic E-state index is 0.232. The number of carbonyl (C=O) groups excluding carboxylic acids is 1. The molecule has 4 rings (SSSR count). The first-order valence-electron chi connectivity index (χ1n) is 7.90. The van der Waals surface area contributed by atoms with Crippen LogP contribution < -0.4 is 5.32 Å². The first-order chi connectivity index (χ1) is 12.3. The fourth-order valence-corrected chi connectivity index (χ4v) is 2.56. The van der Waals surface area contributed by atoms with Crippen LogP contribution >= 0.6 is 0 Å². The van der Waals surface area contributed by atoms with Crippen LogP contribution in [0.1, 0.15) is 16.3 Å². The van der Waals surface area contributed by atoms with Crippen LogP contribution in [0.3, 0.4) is 0 Å². The Labute approximate surface area is 143 Å². The Morgan fingerprint density at radius 2 is 1.88 bits per heavy atom. The lowest BCUT2D eigenvalue weighted by atomic mass is 10.2. The Hall–Kier alpha value is -3.48. The van der Waals surface area contributed by atoms with Crippen molar-refractivity contribution in [2.45, 2.75) is 6.42 Å². The minimum atomic E-state index is -0.232. The Morgan fingerprint density at radius 1 is 1.08 bits per heavy atom. The molecule has 0 saturated heterocycles. The van der Waals surface area contributed by atoms with Gasteiger partial charge in [-0.1, -0.05) is 41.6 Å². The first-order valence-corrected chi connectivity index (χ1v) is 7.90. The number of hydrogen-bond acceptors (Lipinski definition) is 5. The number of para-hydroxylation sites is 1. The predicted octanol–water partition coefficient (Wildman–Crippen LogP) is 2.59. The molecule has 7 nitrogen and oxygen atoms in total. The van der Waals surface area contributed by atoms with Crippen molar-refractivity contribution in [1.82, 2.24) is 25.7 Å². The van der Waals surface area contributed by atoms with Gasteiger partial charge >= 0.3 is 0 Å². The number of aromatic amines is 1. The normalized spacial score (nSPS) is 10.9. The molecule has 0 aliphatic carbocycles. The molecule has 2 aromatic carbocycles. The first kappa shape index (κ1) is 15.1. The second-order valence-corrected chi connectivity index (χ2v) is 5.51. The van der Waals surface area contributed by atoms with Crippen molar-refractivity contribution in [3.8, 4) is 11.5 Å². The third-order valence-corrected chi connectivity index (χ3v) is 3.81. The predicted molar refractivity (Wildman–Crippen MR) is 91.9 cm³/mol. The summed E-state index contributed by atoms with van der Waals surface area (Å²) in [6.45, 7) is 0.397. The van der Waals surface area contributed by atoms with E-state index in [1.165, 1.54) is 0 Å². The number of carbonyl (C=O) groups is 1. The molecular formula is C18H15N5O2. The van der Waals surface area contributed by atoms with E-state index in [-0.39, 0.29) is 5.91 Å². The highest BCUT2D eigenvalue weighted by Crippen LogP contribution is 2.16. The van der Waals surface area contributed by atoms with E-state index in [0.717, 1.165) is 16.5 Å². The number of amides is 1. The summed E-state index contributed by atoms with van der Waals surface area (Å²) in [6.07, 6.45) is 0.477. The molecule has 0 saturated carbocycles. The molecule has 1 amide bonds. The Bertz CT molecular complexity index is 1010. The summed E-state index contributed by atoms with van der Waals surface area (Å²) in [5.74, 6) is 0.787. The van der Waals surface area contributed by atoms with Crippen molar-refractivity contribution in [3.05, 3.63) is 66.1 Å². The topological polar surface area (TPSA) is 96.7 Å². The Balaban J connectivity index is 1.38. The summed E-state index contributed by atoms with van der Waals surface area (Å²) in [5.41, 5.74) is 2.08. The zero-order valence-electron chi connectivity index (χ0n) is 13.3. The number of aromatic nitrogens is 4. The minimum Gasteiger partial charge on any atom is -0.350 e. The van der Waals surface area contributed by atoms with Gasteiger partial charge in [-0.05, 0) is 18.2 Å². The fraction of sp³-hybridized carbons (Fsp3) is 0.111. The van der Waals surface area contributed by atoms with Gasteiger partial charge in [0.25, 0.3) is 11.8 Å². The zero-order chi connectivity index (χ0) is 17.1. The Kier molecular flexibility index (Phi) is 3.96. The third kappa shape index (κ3) is 3.12. The number of fused-ring (bicyclic) bond motifs is 1. The molecule has 0 aliphatic heterocycles. The van der Waals surface area contributed by atoms with Gasteiger partial charge in [0.2, 0.25) is 0 Å². The molecule has 0 spiro atoms. The van der Waals surface area contributed by atoms with Crippen molar-refractivity contribution in [2.75, 3.05) is 6.54 Å². The summed E-state index contributed by atoms with van der Waals surface area (Å²) in [6, 6.07) is 17.1. The van der Waals surface area contributed by atoms with Crippen molar-refractivity contribution >= 4 is 16.8 Å². The van der Waals surface area contributed by atoms with Crippen LogP contribution in [0.15, 0.2) is 59.1 Å². The summed E-state index contributed by atoms with van der Waals surface area (Å²) >= 11 is 0. The van der Waals surface area contributed by atoms with E-state index >= 15 is 0 Å². The average Bonchev–Trinajstić information content (AvgIpc) is 3.29. The molecular weight excluding hydrogens is 318 g/mol. The molecule has 124 valence electrons. The summed E-state index contributed by atoms with van der Waals surface area (Å²) in [7, 11) is 0. The van der Waals surface area contributed by atoms with Gasteiger partial charge in [0.15, 0.2) is 11.5 Å². The number of hydrogen-bond donors (Lipinski definition) is 2. The number of benzene rings is 2. The monoisotopic (exact) mass is 333 g/mol. The number of H-pyrrole nitrogens is 1. The molecule has 7 heteroatoms. The van der Waals surface area contributed by atoms with Gasteiger partial charge in [-0.3, -0.25) is 9.89 Å². The standard InChI is InChI=1S/C18H15N5O2/c24-17(16-13-8-4-5-9-14(13)21-22-16)19-11-10-15-20-18(25-23-15)12-6-2-1-3-7-12/h1-9H,10-11H2,(H,19,24)(H,21,22). The second kappa shape index (κ2) is 6.56. The van der Waals surface area contributed by atoms with Crippen LogP contribution in [0, 0.1) is 0 Å². The lowest BCUT2D eigenvalue weighted by molar-refractivity contribution is 0.0950. The number of nitrogens with zero attached hydrogens (tertiary/aromatic N) is 3. The lowest BCUT2D eigenvalue weighted by Crippen LogP contribution is -2.26. The van der Waals surface area contributed by atoms with Crippen LogP contribution in [-0.4, -0.2) is 32.8 Å². The van der Waals surface area contributed by atoms with E-state index in [9.17, 15) is 4.79 Å². The zero-order valence-corrected chi connectivity index (χ0v) is 13.3. The third-order valence-electron chi connectivity index (χ3n) is 3.81. The molecule has 2 N–H and O–H groups in total. The van der Waals surface area contributed by atoms with E-state index in [4.69, 9.17) is 4.52 Å². The molecule has 0 unspecified atom stereocenters. The van der Waals surface area contributed by atoms with Crippen LogP contribution in [0.4, 0.5) is 0 Å². The maximum Gasteiger partial charge on any atom is 0.272 e. The van der Waals surface area contributed by atoms with Gasteiger partial charge in [0, 0.05) is 23.9 Å². The number of nitrogens with one attached hydrogen (secondary N) is 2. The second-order valence-electron chi connectivity index (χ2n) is 5.51. The van der Waals surface area contributed by atoms with Crippen LogP contribution in [0.5, 0.6) is 0 Å². The molecule has 0 fully saturated rings. The van der Waals surface area contributed by atoms with E-state index in [1.807, 2.05) is 54.6 Å². The van der Waals surface area contributed by atoms with Gasteiger partial charge in [-0.25, -0.2) is 0 Å². The van der Waals surface area contributed by atoms with Gasteiger partial charge in [0.05, 0.1) is 5.52 Å². The molecule has 25 heavy (non-hydrogen) atoms. The van der Waals surface area contributed by atoms with Crippen molar-refractivity contribution in [1.29, 1.82) is 0 Å². The average molecular weight is 333 g/mol. The maximum absolute atomic E-state index is 12.3. The molecule has 2 aromatic heterocycles. The quantitative estimate of drug-likeness (QED) is 0.585. The van der Waals surface area contributed by atoms with E-state index in [2.05, 4.69) is 25.7 Å². The smallest absolute Gasteiger partial charge is 0.272 e. The highest BCUT2D eigenvalue weighted by Gasteiger charge is 2.14. The van der Waals surface area contributed by atoms with Gasteiger partial charge in [0.1, 0.15) is 0 Å². The molecule has 0 radical (unpaired) electrons. The Morgan fingerprint density at radius 3 is 2.76 bits per heavy atom. The highest BCUT2D eigenvalue weighted by atomic mass is 16.5. The summed E-state index contributed by atoms with van der Waals surface area (Å²) < 4.78 is 5.25. The van der Waals surface area contributed by atoms with Crippen molar-refractivity contribution in [2.24, 2.45) is 0 Å². The molecule has 0 atom stereocenters.